The number of primary amides is 1. The number of benzene rings is 2. The highest BCUT2D eigenvalue weighted by Gasteiger charge is 2.29. The van der Waals surface area contributed by atoms with Gasteiger partial charge in [0.15, 0.2) is 0 Å². The number of hydrogen-bond donors (Lipinski definition) is 2. The third-order valence-corrected chi connectivity index (χ3v) is 4.93. The number of nitro benzene ring substituents is 1. The number of nitrogens with zero attached hydrogens (tertiary/aromatic N) is 2. The van der Waals surface area contributed by atoms with E-state index in [4.69, 9.17) is 10.5 Å². The lowest BCUT2D eigenvalue weighted by atomic mass is 10.1. The number of para-hydroxylation sites is 1. The SMILES string of the molecule is CC(O)c1cc(OCCC(C(N)=O)N2CCc3ccccc32)ccc1[N+](=O)[O-]. The second kappa shape index (κ2) is 8.26. The van der Waals surface area contributed by atoms with Gasteiger partial charge < -0.3 is 20.5 Å². The summed E-state index contributed by atoms with van der Waals surface area (Å²) in [7, 11) is 0. The summed E-state index contributed by atoms with van der Waals surface area (Å²) in [4.78, 5) is 24.5. The molecular weight excluding hydrogens is 362 g/mol. The van der Waals surface area contributed by atoms with Crippen LogP contribution >= 0.6 is 0 Å². The molecule has 0 radical (unpaired) electrons. The fourth-order valence-electron chi connectivity index (χ4n) is 3.55. The van der Waals surface area contributed by atoms with Gasteiger partial charge in [-0.2, -0.15) is 0 Å². The molecule has 0 aromatic heterocycles. The minimum Gasteiger partial charge on any atom is -0.493 e. The van der Waals surface area contributed by atoms with Gasteiger partial charge in [-0.15, -0.1) is 0 Å². The number of aliphatic hydroxyl groups is 1. The van der Waals surface area contributed by atoms with E-state index in [2.05, 4.69) is 0 Å². The molecular formula is C20H23N3O5. The average molecular weight is 385 g/mol. The fraction of sp³-hybridized carbons (Fsp3) is 0.350. The van der Waals surface area contributed by atoms with Crippen molar-refractivity contribution in [2.75, 3.05) is 18.1 Å². The van der Waals surface area contributed by atoms with Crippen molar-refractivity contribution in [3.05, 3.63) is 63.7 Å². The summed E-state index contributed by atoms with van der Waals surface area (Å²) >= 11 is 0. The molecule has 28 heavy (non-hydrogen) atoms. The number of amides is 1. The van der Waals surface area contributed by atoms with Crippen LogP contribution in [0, 0.1) is 10.1 Å². The molecule has 2 aromatic carbocycles. The maximum atomic E-state index is 12.0. The van der Waals surface area contributed by atoms with Crippen molar-refractivity contribution in [3.63, 3.8) is 0 Å². The molecule has 8 heteroatoms. The quantitative estimate of drug-likeness (QED) is 0.532. The Morgan fingerprint density at radius 3 is 2.79 bits per heavy atom. The first-order valence-electron chi connectivity index (χ1n) is 9.11. The van der Waals surface area contributed by atoms with Crippen molar-refractivity contribution in [2.24, 2.45) is 5.73 Å². The molecule has 1 heterocycles. The summed E-state index contributed by atoms with van der Waals surface area (Å²) in [6, 6.07) is 11.7. The van der Waals surface area contributed by atoms with Gasteiger partial charge in [-0.3, -0.25) is 14.9 Å². The number of nitro groups is 1. The van der Waals surface area contributed by atoms with Crippen molar-refractivity contribution in [2.45, 2.75) is 31.9 Å². The maximum Gasteiger partial charge on any atom is 0.275 e. The second-order valence-corrected chi connectivity index (χ2v) is 6.78. The number of nitrogens with two attached hydrogens (primary N) is 1. The first-order chi connectivity index (χ1) is 13.4. The van der Waals surface area contributed by atoms with Gasteiger partial charge in [0.2, 0.25) is 5.91 Å². The van der Waals surface area contributed by atoms with Gasteiger partial charge in [0.05, 0.1) is 23.2 Å². The van der Waals surface area contributed by atoms with Gasteiger partial charge >= 0.3 is 0 Å². The lowest BCUT2D eigenvalue weighted by Gasteiger charge is -2.28. The third kappa shape index (κ3) is 4.07. The van der Waals surface area contributed by atoms with Crippen LogP contribution in [0.1, 0.15) is 30.6 Å². The van der Waals surface area contributed by atoms with Crippen LogP contribution in [0.15, 0.2) is 42.5 Å². The van der Waals surface area contributed by atoms with Crippen LogP contribution < -0.4 is 15.4 Å². The minimum atomic E-state index is -0.997. The van der Waals surface area contributed by atoms with Crippen LogP contribution in [0.2, 0.25) is 0 Å². The summed E-state index contributed by atoms with van der Waals surface area (Å²) in [6.07, 6.45) is 0.245. The predicted molar refractivity (Wildman–Crippen MR) is 104 cm³/mol. The molecule has 0 fully saturated rings. The van der Waals surface area contributed by atoms with Crippen LogP contribution in [-0.2, 0) is 11.2 Å². The Morgan fingerprint density at radius 1 is 1.36 bits per heavy atom. The molecule has 1 aliphatic rings. The number of anilines is 1. The number of aliphatic hydroxyl groups excluding tert-OH is 1. The summed E-state index contributed by atoms with van der Waals surface area (Å²) in [5, 5.41) is 20.8. The Balaban J connectivity index is 1.68. The van der Waals surface area contributed by atoms with Gasteiger partial charge in [-0.1, -0.05) is 18.2 Å². The van der Waals surface area contributed by atoms with Crippen molar-refractivity contribution in [3.8, 4) is 5.75 Å². The summed E-state index contributed by atoms with van der Waals surface area (Å²) in [5.41, 5.74) is 7.85. The van der Waals surface area contributed by atoms with Crippen molar-refractivity contribution in [1.82, 2.24) is 0 Å². The minimum absolute atomic E-state index is 0.161. The first kappa shape index (κ1) is 19.6. The lowest BCUT2D eigenvalue weighted by molar-refractivity contribution is -0.386. The van der Waals surface area contributed by atoms with E-state index in [1.807, 2.05) is 29.2 Å². The Hall–Kier alpha value is -3.13. The van der Waals surface area contributed by atoms with Crippen molar-refractivity contribution >= 4 is 17.3 Å². The van der Waals surface area contributed by atoms with Gasteiger partial charge in [-0.05, 0) is 37.1 Å². The molecule has 0 aliphatic carbocycles. The summed E-state index contributed by atoms with van der Waals surface area (Å²) in [5.74, 6) is -0.0276. The van der Waals surface area contributed by atoms with Crippen LogP contribution in [0.25, 0.3) is 0 Å². The number of ether oxygens (including phenoxy) is 1. The molecule has 8 nitrogen and oxygen atoms in total. The van der Waals surface area contributed by atoms with E-state index in [0.29, 0.717) is 12.2 Å². The van der Waals surface area contributed by atoms with E-state index in [0.717, 1.165) is 18.7 Å². The van der Waals surface area contributed by atoms with Gasteiger partial charge in [-0.25, -0.2) is 0 Å². The largest absolute Gasteiger partial charge is 0.493 e. The Morgan fingerprint density at radius 2 is 2.11 bits per heavy atom. The number of fused-ring (bicyclic) bond motifs is 1. The molecule has 148 valence electrons. The van der Waals surface area contributed by atoms with E-state index in [-0.39, 0.29) is 17.9 Å². The number of hydrogen-bond acceptors (Lipinski definition) is 6. The van der Waals surface area contributed by atoms with Crippen molar-refractivity contribution in [1.29, 1.82) is 0 Å². The maximum absolute atomic E-state index is 12.0. The molecule has 2 atom stereocenters. The van der Waals surface area contributed by atoms with E-state index >= 15 is 0 Å². The van der Waals surface area contributed by atoms with E-state index in [9.17, 15) is 20.0 Å². The molecule has 1 aliphatic heterocycles. The number of rotatable bonds is 8. The van der Waals surface area contributed by atoms with E-state index in [1.165, 1.54) is 30.7 Å². The summed E-state index contributed by atoms with van der Waals surface area (Å²) in [6.45, 7) is 2.39. The molecule has 1 amide bonds. The highest BCUT2D eigenvalue weighted by molar-refractivity contribution is 5.84. The van der Waals surface area contributed by atoms with Gasteiger partial charge in [0, 0.05) is 24.7 Å². The Labute approximate surface area is 162 Å². The molecule has 0 bridgehead atoms. The normalized spacial score (nSPS) is 15.0. The standard InChI is InChI=1S/C20H23N3O5/c1-13(24)16-12-15(6-7-18(16)23(26)27)28-11-9-19(20(21)25)22-10-8-14-4-2-3-5-17(14)22/h2-7,12-13,19,24H,8-11H2,1H3,(H2,21,25). The molecule has 0 saturated heterocycles. The molecule has 2 aromatic rings. The zero-order chi connectivity index (χ0) is 20.3. The number of carbonyl (C=O) groups is 1. The fourth-order valence-corrected chi connectivity index (χ4v) is 3.55. The highest BCUT2D eigenvalue weighted by Crippen LogP contribution is 2.31. The average Bonchev–Trinajstić information content (AvgIpc) is 3.08. The Bertz CT molecular complexity index is 884. The molecule has 3 N–H and O–H groups in total. The van der Waals surface area contributed by atoms with Crippen LogP contribution in [0.5, 0.6) is 5.75 Å². The monoisotopic (exact) mass is 385 g/mol. The van der Waals surface area contributed by atoms with E-state index in [1.54, 1.807) is 0 Å². The Kier molecular flexibility index (Phi) is 5.79. The topological polar surface area (TPSA) is 119 Å². The third-order valence-electron chi connectivity index (χ3n) is 4.93. The summed E-state index contributed by atoms with van der Waals surface area (Å²) < 4.78 is 5.69. The van der Waals surface area contributed by atoms with Crippen molar-refractivity contribution < 1.29 is 19.6 Å². The molecule has 0 saturated carbocycles. The predicted octanol–water partition coefficient (Wildman–Crippen LogP) is 2.33. The smallest absolute Gasteiger partial charge is 0.275 e. The van der Waals surface area contributed by atoms with Crippen LogP contribution in [0.3, 0.4) is 0 Å². The van der Waals surface area contributed by atoms with E-state index < -0.39 is 23.0 Å². The zero-order valence-electron chi connectivity index (χ0n) is 15.6. The lowest BCUT2D eigenvalue weighted by Crippen LogP contribution is -2.45. The van der Waals surface area contributed by atoms with Gasteiger partial charge in [0.25, 0.3) is 5.69 Å². The first-order valence-corrected chi connectivity index (χ1v) is 9.11. The second-order valence-electron chi connectivity index (χ2n) is 6.78. The molecule has 3 rings (SSSR count). The molecule has 2 unspecified atom stereocenters. The zero-order valence-corrected chi connectivity index (χ0v) is 15.6. The van der Waals surface area contributed by atoms with Crippen LogP contribution in [-0.4, -0.2) is 35.1 Å². The number of carbonyl (C=O) groups excluding carboxylic acids is 1. The van der Waals surface area contributed by atoms with Crippen LogP contribution in [0.4, 0.5) is 11.4 Å². The highest BCUT2D eigenvalue weighted by atomic mass is 16.6. The van der Waals surface area contributed by atoms with Gasteiger partial charge in [0.1, 0.15) is 11.8 Å². The molecule has 0 spiro atoms.